The van der Waals surface area contributed by atoms with Crippen LogP contribution in [-0.2, 0) is 0 Å². The second-order valence-electron chi connectivity index (χ2n) is 5.58. The number of rotatable bonds is 4. The molecule has 2 heterocycles. The Bertz CT molecular complexity index is 571. The third-order valence-corrected chi connectivity index (χ3v) is 5.54. The molecular formula is C17H23NOS. The lowest BCUT2D eigenvalue weighted by Gasteiger charge is -2.29. The van der Waals surface area contributed by atoms with Gasteiger partial charge in [-0.25, -0.2) is 0 Å². The van der Waals surface area contributed by atoms with E-state index in [1.165, 1.54) is 36.0 Å². The van der Waals surface area contributed by atoms with E-state index in [9.17, 15) is 0 Å². The highest BCUT2D eigenvalue weighted by Gasteiger charge is 2.27. The predicted octanol–water partition coefficient (Wildman–Crippen LogP) is 4.68. The summed E-state index contributed by atoms with van der Waals surface area (Å²) in [6.07, 6.45) is 4.00. The number of fused-ring (bicyclic) bond motifs is 1. The van der Waals surface area contributed by atoms with Crippen molar-refractivity contribution < 1.29 is 4.42 Å². The third-order valence-electron chi connectivity index (χ3n) is 4.08. The van der Waals surface area contributed by atoms with Gasteiger partial charge < -0.3 is 9.73 Å². The number of para-hydroxylation sites is 1. The largest absolute Gasteiger partial charge is 0.459 e. The second kappa shape index (κ2) is 6.23. The summed E-state index contributed by atoms with van der Waals surface area (Å²) in [5.74, 6) is 2.39. The fourth-order valence-electron chi connectivity index (χ4n) is 3.05. The molecular weight excluding hydrogens is 266 g/mol. The normalized spacial score (nSPS) is 21.2. The van der Waals surface area contributed by atoms with Crippen LogP contribution in [0.1, 0.15) is 43.6 Å². The van der Waals surface area contributed by atoms with Gasteiger partial charge in [0.1, 0.15) is 11.3 Å². The molecule has 1 N–H and O–H groups in total. The smallest absolute Gasteiger partial charge is 0.137 e. The number of aryl methyl sites for hydroxylation is 1. The minimum absolute atomic E-state index is 0.345. The van der Waals surface area contributed by atoms with Crippen molar-refractivity contribution in [1.29, 1.82) is 0 Å². The minimum Gasteiger partial charge on any atom is -0.459 e. The van der Waals surface area contributed by atoms with Crippen LogP contribution in [0, 0.1) is 6.92 Å². The summed E-state index contributed by atoms with van der Waals surface area (Å²) in [5.41, 5.74) is 2.27. The molecule has 20 heavy (non-hydrogen) atoms. The number of thioether (sulfide) groups is 1. The van der Waals surface area contributed by atoms with Gasteiger partial charge in [0.05, 0.1) is 6.04 Å². The van der Waals surface area contributed by atoms with Crippen molar-refractivity contribution in [2.45, 2.75) is 44.4 Å². The fourth-order valence-corrected chi connectivity index (χ4v) is 4.48. The third kappa shape index (κ3) is 2.75. The van der Waals surface area contributed by atoms with Crippen LogP contribution in [0.2, 0.25) is 0 Å². The number of benzene rings is 1. The van der Waals surface area contributed by atoms with Gasteiger partial charge in [-0.1, -0.05) is 31.5 Å². The average Bonchev–Trinajstić information content (AvgIpc) is 2.91. The molecule has 0 saturated carbocycles. The van der Waals surface area contributed by atoms with Crippen molar-refractivity contribution in [2.75, 3.05) is 12.3 Å². The summed E-state index contributed by atoms with van der Waals surface area (Å²) in [7, 11) is 0. The molecule has 0 aliphatic carbocycles. The standard InChI is InChI=1S/C17H23NOS/c1-3-18-16(15-9-4-5-10-20-15)14-11-13-8-6-7-12(2)17(13)19-14/h6-8,11,15-16,18H,3-5,9-10H2,1-2H3. The van der Waals surface area contributed by atoms with E-state index in [0.717, 1.165) is 17.9 Å². The monoisotopic (exact) mass is 289 g/mol. The van der Waals surface area contributed by atoms with E-state index < -0.39 is 0 Å². The first-order valence-electron chi connectivity index (χ1n) is 7.63. The van der Waals surface area contributed by atoms with E-state index in [2.05, 4.69) is 55.2 Å². The molecule has 2 nitrogen and oxygen atoms in total. The maximum absolute atomic E-state index is 6.19. The van der Waals surface area contributed by atoms with Gasteiger partial charge in [-0.15, -0.1) is 0 Å². The molecule has 2 aromatic rings. The van der Waals surface area contributed by atoms with Crippen molar-refractivity contribution in [2.24, 2.45) is 0 Å². The minimum atomic E-state index is 0.345. The van der Waals surface area contributed by atoms with Gasteiger partial charge >= 0.3 is 0 Å². The molecule has 1 aromatic carbocycles. The summed E-state index contributed by atoms with van der Waals surface area (Å²) >= 11 is 2.10. The number of hydrogen-bond acceptors (Lipinski definition) is 3. The molecule has 0 amide bonds. The zero-order valence-electron chi connectivity index (χ0n) is 12.3. The van der Waals surface area contributed by atoms with E-state index in [1.807, 2.05) is 0 Å². The summed E-state index contributed by atoms with van der Waals surface area (Å²) < 4.78 is 6.19. The van der Waals surface area contributed by atoms with Crippen LogP contribution in [0.5, 0.6) is 0 Å². The van der Waals surface area contributed by atoms with Gasteiger partial charge in [0.25, 0.3) is 0 Å². The van der Waals surface area contributed by atoms with Crippen molar-refractivity contribution in [3.05, 3.63) is 35.6 Å². The molecule has 1 aliphatic heterocycles. The lowest BCUT2D eigenvalue weighted by atomic mass is 10.0. The van der Waals surface area contributed by atoms with Crippen molar-refractivity contribution >= 4 is 22.7 Å². The SMILES string of the molecule is CCNC(c1cc2cccc(C)c2o1)C1CCCCS1. The van der Waals surface area contributed by atoms with Crippen LogP contribution in [0.25, 0.3) is 11.0 Å². The Balaban J connectivity index is 1.93. The van der Waals surface area contributed by atoms with Crippen LogP contribution in [0.15, 0.2) is 28.7 Å². The van der Waals surface area contributed by atoms with E-state index in [4.69, 9.17) is 4.42 Å². The quantitative estimate of drug-likeness (QED) is 0.885. The summed E-state index contributed by atoms with van der Waals surface area (Å²) in [5, 5.41) is 5.50. The zero-order chi connectivity index (χ0) is 13.9. The molecule has 3 rings (SSSR count). The van der Waals surface area contributed by atoms with Gasteiger partial charge in [0.15, 0.2) is 0 Å². The van der Waals surface area contributed by atoms with E-state index >= 15 is 0 Å². The molecule has 2 unspecified atom stereocenters. The summed E-state index contributed by atoms with van der Waals surface area (Å²) in [4.78, 5) is 0. The molecule has 0 radical (unpaired) electrons. The molecule has 2 atom stereocenters. The molecule has 1 aromatic heterocycles. The highest BCUT2D eigenvalue weighted by Crippen LogP contribution is 2.37. The average molecular weight is 289 g/mol. The number of nitrogens with one attached hydrogen (secondary N) is 1. The highest BCUT2D eigenvalue weighted by molar-refractivity contribution is 8.00. The van der Waals surface area contributed by atoms with Crippen LogP contribution < -0.4 is 5.32 Å². The van der Waals surface area contributed by atoms with Crippen molar-refractivity contribution in [1.82, 2.24) is 5.32 Å². The first-order valence-corrected chi connectivity index (χ1v) is 8.68. The highest BCUT2D eigenvalue weighted by atomic mass is 32.2. The molecule has 3 heteroatoms. The Labute approximate surface area is 125 Å². The zero-order valence-corrected chi connectivity index (χ0v) is 13.1. The van der Waals surface area contributed by atoms with Crippen LogP contribution in [-0.4, -0.2) is 17.5 Å². The summed E-state index contributed by atoms with van der Waals surface area (Å²) in [6, 6.07) is 8.94. The van der Waals surface area contributed by atoms with E-state index in [1.54, 1.807) is 0 Å². The molecule has 1 fully saturated rings. The van der Waals surface area contributed by atoms with Gasteiger partial charge in [0, 0.05) is 10.6 Å². The lowest BCUT2D eigenvalue weighted by Crippen LogP contribution is -2.31. The Morgan fingerprint density at radius 3 is 3.00 bits per heavy atom. The fraction of sp³-hybridized carbons (Fsp3) is 0.529. The molecule has 1 aliphatic rings. The first-order chi connectivity index (χ1) is 9.79. The second-order valence-corrected chi connectivity index (χ2v) is 6.93. The first kappa shape index (κ1) is 14.0. The molecule has 108 valence electrons. The number of furan rings is 1. The van der Waals surface area contributed by atoms with Crippen molar-refractivity contribution in [3.63, 3.8) is 0 Å². The Hall–Kier alpha value is -0.930. The van der Waals surface area contributed by atoms with Crippen LogP contribution >= 0.6 is 11.8 Å². The maximum Gasteiger partial charge on any atom is 0.137 e. The lowest BCUT2D eigenvalue weighted by molar-refractivity contribution is 0.409. The molecule has 1 saturated heterocycles. The maximum atomic E-state index is 6.19. The van der Waals surface area contributed by atoms with E-state index in [0.29, 0.717) is 11.3 Å². The molecule has 0 spiro atoms. The van der Waals surface area contributed by atoms with Gasteiger partial charge in [-0.3, -0.25) is 0 Å². The topological polar surface area (TPSA) is 25.2 Å². The van der Waals surface area contributed by atoms with E-state index in [-0.39, 0.29) is 0 Å². The van der Waals surface area contributed by atoms with Gasteiger partial charge in [0.2, 0.25) is 0 Å². The Kier molecular flexibility index (Phi) is 4.37. The Morgan fingerprint density at radius 2 is 2.30 bits per heavy atom. The van der Waals surface area contributed by atoms with Crippen molar-refractivity contribution in [3.8, 4) is 0 Å². The van der Waals surface area contributed by atoms with Crippen LogP contribution in [0.4, 0.5) is 0 Å². The predicted molar refractivity (Wildman–Crippen MR) is 87.5 cm³/mol. The summed E-state index contributed by atoms with van der Waals surface area (Å²) in [6.45, 7) is 5.28. The van der Waals surface area contributed by atoms with Crippen LogP contribution in [0.3, 0.4) is 0 Å². The molecule has 0 bridgehead atoms. The van der Waals surface area contributed by atoms with Gasteiger partial charge in [-0.2, -0.15) is 11.8 Å². The van der Waals surface area contributed by atoms with Gasteiger partial charge in [-0.05, 0) is 43.7 Å². The number of hydrogen-bond donors (Lipinski definition) is 1. The Morgan fingerprint density at radius 1 is 1.40 bits per heavy atom.